The van der Waals surface area contributed by atoms with Gasteiger partial charge in [-0.3, -0.25) is 0 Å². The Balaban J connectivity index is 0.000000810. The highest BCUT2D eigenvalue weighted by Crippen LogP contribution is 2.14. The van der Waals surface area contributed by atoms with Gasteiger partial charge in [0.1, 0.15) is 0 Å². The summed E-state index contributed by atoms with van der Waals surface area (Å²) in [5.41, 5.74) is 0. The molecule has 0 unspecified atom stereocenters. The number of piperidine rings is 1. The van der Waals surface area contributed by atoms with Crippen LogP contribution < -0.4 is 0 Å². The van der Waals surface area contributed by atoms with Gasteiger partial charge in [0, 0.05) is 13.1 Å². The second kappa shape index (κ2) is 4.69. The number of nitrogens with zero attached hydrogens (tertiary/aromatic N) is 1. The molecule has 0 radical (unpaired) electrons. The van der Waals surface area contributed by atoms with Crippen LogP contribution in [0.2, 0.25) is 0 Å². The second-order valence-electron chi connectivity index (χ2n) is 2.79. The molecule has 62 valence electrons. The van der Waals surface area contributed by atoms with Gasteiger partial charge in [-0.05, 0) is 18.8 Å². The zero-order chi connectivity index (χ0) is 6.69. The van der Waals surface area contributed by atoms with Gasteiger partial charge in [0.25, 0.3) is 0 Å². The van der Waals surface area contributed by atoms with Crippen molar-refractivity contribution < 1.29 is 4.84 Å². The first-order valence-corrected chi connectivity index (χ1v) is 3.62. The second-order valence-corrected chi connectivity index (χ2v) is 2.79. The van der Waals surface area contributed by atoms with Crippen molar-refractivity contribution >= 4 is 0 Å². The van der Waals surface area contributed by atoms with E-state index in [1.54, 1.807) is 7.11 Å². The smallest absolute Gasteiger partial charge is 0.0575 e. The molecule has 1 saturated heterocycles. The normalized spacial score (nSPS) is 22.2. The van der Waals surface area contributed by atoms with Crippen LogP contribution in [0.4, 0.5) is 0 Å². The van der Waals surface area contributed by atoms with Crippen LogP contribution in [-0.2, 0) is 4.84 Å². The Kier molecular flexibility index (Phi) is 4.65. The lowest BCUT2D eigenvalue weighted by Crippen LogP contribution is -2.31. The van der Waals surface area contributed by atoms with Crippen molar-refractivity contribution in [2.24, 2.45) is 5.92 Å². The summed E-state index contributed by atoms with van der Waals surface area (Å²) in [4.78, 5) is 5.07. The van der Waals surface area contributed by atoms with Gasteiger partial charge in [0.15, 0.2) is 0 Å². The van der Waals surface area contributed by atoms with Gasteiger partial charge >= 0.3 is 0 Å². The van der Waals surface area contributed by atoms with E-state index in [1.807, 2.05) is 5.06 Å². The Hall–Kier alpha value is -0.0800. The summed E-state index contributed by atoms with van der Waals surface area (Å²) >= 11 is 0. The number of hydroxylamine groups is 2. The fraction of sp³-hybridized carbons (Fsp3) is 1.00. The molecule has 0 bridgehead atoms. The SMILES string of the molecule is C.CON1CCC(C)CC1. The molecule has 0 saturated carbocycles. The van der Waals surface area contributed by atoms with Gasteiger partial charge in [0.2, 0.25) is 0 Å². The van der Waals surface area contributed by atoms with Crippen molar-refractivity contribution in [1.82, 2.24) is 5.06 Å². The Morgan fingerprint density at radius 1 is 1.30 bits per heavy atom. The highest BCUT2D eigenvalue weighted by molar-refractivity contribution is 4.62. The van der Waals surface area contributed by atoms with Crippen molar-refractivity contribution in [2.75, 3.05) is 20.2 Å². The third-order valence-electron chi connectivity index (χ3n) is 2.00. The molecule has 1 rings (SSSR count). The van der Waals surface area contributed by atoms with Gasteiger partial charge in [-0.2, -0.15) is 5.06 Å². The zero-order valence-corrected chi connectivity index (χ0v) is 6.26. The van der Waals surface area contributed by atoms with E-state index in [-0.39, 0.29) is 7.43 Å². The molecule has 0 aromatic carbocycles. The van der Waals surface area contributed by atoms with Crippen molar-refractivity contribution in [3.05, 3.63) is 0 Å². The van der Waals surface area contributed by atoms with Crippen LogP contribution >= 0.6 is 0 Å². The lowest BCUT2D eigenvalue weighted by atomic mass is 10.0. The van der Waals surface area contributed by atoms with E-state index < -0.39 is 0 Å². The summed E-state index contributed by atoms with van der Waals surface area (Å²) in [5.74, 6) is 0.899. The molecule has 0 atom stereocenters. The lowest BCUT2D eigenvalue weighted by molar-refractivity contribution is -0.146. The minimum atomic E-state index is 0. The fourth-order valence-electron chi connectivity index (χ4n) is 1.17. The minimum Gasteiger partial charge on any atom is -0.302 e. The number of rotatable bonds is 1. The molecule has 0 amide bonds. The van der Waals surface area contributed by atoms with Gasteiger partial charge in [-0.15, -0.1) is 0 Å². The zero-order valence-electron chi connectivity index (χ0n) is 6.26. The maximum absolute atomic E-state index is 5.07. The molecular weight excluding hydrogens is 126 g/mol. The molecule has 0 aliphatic carbocycles. The summed E-state index contributed by atoms with van der Waals surface area (Å²) < 4.78 is 0. The van der Waals surface area contributed by atoms with Gasteiger partial charge in [0.05, 0.1) is 7.11 Å². The van der Waals surface area contributed by atoms with Crippen molar-refractivity contribution in [1.29, 1.82) is 0 Å². The maximum Gasteiger partial charge on any atom is 0.0575 e. The van der Waals surface area contributed by atoms with Crippen LogP contribution in [0, 0.1) is 5.92 Å². The molecule has 0 spiro atoms. The van der Waals surface area contributed by atoms with E-state index >= 15 is 0 Å². The van der Waals surface area contributed by atoms with E-state index in [1.165, 1.54) is 12.8 Å². The van der Waals surface area contributed by atoms with Crippen LogP contribution in [0.5, 0.6) is 0 Å². The van der Waals surface area contributed by atoms with Gasteiger partial charge in [-0.25, -0.2) is 0 Å². The molecule has 2 heteroatoms. The van der Waals surface area contributed by atoms with E-state index in [0.29, 0.717) is 0 Å². The fourth-order valence-corrected chi connectivity index (χ4v) is 1.17. The summed E-state index contributed by atoms with van der Waals surface area (Å²) in [6, 6.07) is 0. The minimum absolute atomic E-state index is 0. The third kappa shape index (κ3) is 2.67. The predicted octanol–water partition coefficient (Wildman–Crippen LogP) is 1.92. The van der Waals surface area contributed by atoms with Gasteiger partial charge < -0.3 is 4.84 Å². The summed E-state index contributed by atoms with van der Waals surface area (Å²) in [7, 11) is 1.75. The van der Waals surface area contributed by atoms with Crippen molar-refractivity contribution in [3.8, 4) is 0 Å². The predicted molar refractivity (Wildman–Crippen MR) is 43.7 cm³/mol. The van der Waals surface area contributed by atoms with Crippen LogP contribution in [-0.4, -0.2) is 25.3 Å². The molecule has 10 heavy (non-hydrogen) atoms. The largest absolute Gasteiger partial charge is 0.302 e. The molecule has 2 nitrogen and oxygen atoms in total. The van der Waals surface area contributed by atoms with Crippen LogP contribution in [0.3, 0.4) is 0 Å². The molecule has 1 heterocycles. The molecular formula is C8H19NO. The lowest BCUT2D eigenvalue weighted by Gasteiger charge is -2.27. The Bertz CT molecular complexity index is 77.3. The van der Waals surface area contributed by atoms with Crippen LogP contribution in [0.15, 0.2) is 0 Å². The van der Waals surface area contributed by atoms with E-state index in [2.05, 4.69) is 6.92 Å². The summed E-state index contributed by atoms with van der Waals surface area (Å²) in [6.07, 6.45) is 2.57. The highest BCUT2D eigenvalue weighted by atomic mass is 16.7. The quantitative estimate of drug-likeness (QED) is 0.559. The molecule has 1 aliphatic rings. The van der Waals surface area contributed by atoms with Gasteiger partial charge in [-0.1, -0.05) is 14.4 Å². The van der Waals surface area contributed by atoms with Crippen LogP contribution in [0.1, 0.15) is 27.2 Å². The number of hydrogen-bond donors (Lipinski definition) is 0. The average molecular weight is 145 g/mol. The third-order valence-corrected chi connectivity index (χ3v) is 2.00. The standard InChI is InChI=1S/C7H15NO.CH4/c1-7-3-5-8(9-2)6-4-7;/h7H,3-6H2,1-2H3;1H4. The van der Waals surface area contributed by atoms with Crippen molar-refractivity contribution in [2.45, 2.75) is 27.2 Å². The highest BCUT2D eigenvalue weighted by Gasteiger charge is 2.14. The first-order chi connectivity index (χ1) is 4.33. The molecule has 0 aromatic rings. The average Bonchev–Trinajstić information content (AvgIpc) is 1.90. The summed E-state index contributed by atoms with van der Waals surface area (Å²) in [6.45, 7) is 4.52. The Morgan fingerprint density at radius 3 is 2.20 bits per heavy atom. The van der Waals surface area contributed by atoms with Crippen molar-refractivity contribution in [3.63, 3.8) is 0 Å². The van der Waals surface area contributed by atoms with E-state index in [4.69, 9.17) is 4.84 Å². The van der Waals surface area contributed by atoms with E-state index in [0.717, 1.165) is 19.0 Å². The maximum atomic E-state index is 5.07. The Morgan fingerprint density at radius 2 is 1.80 bits per heavy atom. The number of hydrogen-bond acceptors (Lipinski definition) is 2. The summed E-state index contributed by atoms with van der Waals surface area (Å²) in [5, 5.41) is 2.03. The monoisotopic (exact) mass is 145 g/mol. The molecule has 1 aliphatic heterocycles. The van der Waals surface area contributed by atoms with E-state index in [9.17, 15) is 0 Å². The first-order valence-electron chi connectivity index (χ1n) is 3.62. The molecule has 1 fully saturated rings. The molecule has 0 N–H and O–H groups in total. The van der Waals surface area contributed by atoms with Crippen LogP contribution in [0.25, 0.3) is 0 Å². The Labute approximate surface area is 64.1 Å². The first kappa shape index (κ1) is 9.92. The topological polar surface area (TPSA) is 12.5 Å². The molecule has 0 aromatic heterocycles.